The average Bonchev–Trinajstić information content (AvgIpc) is 2.76. The summed E-state index contributed by atoms with van der Waals surface area (Å²) in [6, 6.07) is 5.16. The third-order valence-electron chi connectivity index (χ3n) is 2.89. The second-order valence-electron chi connectivity index (χ2n) is 4.18. The molecule has 0 saturated heterocycles. The Morgan fingerprint density at radius 3 is 2.35 bits per heavy atom. The van der Waals surface area contributed by atoms with E-state index in [1.165, 1.54) is 12.8 Å². The molecule has 0 bridgehead atoms. The first-order valence-electron chi connectivity index (χ1n) is 5.68. The molecule has 3 nitrogen and oxygen atoms in total. The first-order valence-corrected chi connectivity index (χ1v) is 6.44. The van der Waals surface area contributed by atoms with E-state index >= 15 is 0 Å². The third kappa shape index (κ3) is 3.27. The minimum absolute atomic E-state index is 0.244. The summed E-state index contributed by atoms with van der Waals surface area (Å²) in [5.41, 5.74) is 0.464. The van der Waals surface area contributed by atoms with Crippen LogP contribution in [0.4, 0.5) is 10.5 Å². The number of nitrogens with one attached hydrogen (secondary N) is 2. The Balaban J connectivity index is 1.97. The SMILES string of the molecule is O=C(Nc1c(Cl)cccc1Cl)NC1CCCC1. The van der Waals surface area contributed by atoms with Crippen molar-refractivity contribution < 1.29 is 4.79 Å². The number of hydrogen-bond donors (Lipinski definition) is 2. The summed E-state index contributed by atoms with van der Waals surface area (Å²) in [5, 5.41) is 6.49. The molecule has 1 saturated carbocycles. The van der Waals surface area contributed by atoms with E-state index in [1.807, 2.05) is 0 Å². The van der Waals surface area contributed by atoms with Crippen molar-refractivity contribution >= 4 is 34.9 Å². The normalized spacial score (nSPS) is 15.9. The molecule has 0 aromatic heterocycles. The van der Waals surface area contributed by atoms with Gasteiger partial charge in [0.05, 0.1) is 15.7 Å². The van der Waals surface area contributed by atoms with Crippen LogP contribution in [0.3, 0.4) is 0 Å². The maximum absolute atomic E-state index is 11.7. The van der Waals surface area contributed by atoms with Gasteiger partial charge in [-0.25, -0.2) is 4.79 Å². The molecule has 0 spiro atoms. The molecule has 0 unspecified atom stereocenters. The van der Waals surface area contributed by atoms with Crippen LogP contribution in [0.5, 0.6) is 0 Å². The molecule has 0 atom stereocenters. The topological polar surface area (TPSA) is 41.1 Å². The van der Waals surface area contributed by atoms with E-state index in [0.29, 0.717) is 15.7 Å². The van der Waals surface area contributed by atoms with Crippen LogP contribution in [-0.4, -0.2) is 12.1 Å². The minimum Gasteiger partial charge on any atom is -0.335 e. The number of para-hydroxylation sites is 1. The molecule has 1 aliphatic carbocycles. The maximum Gasteiger partial charge on any atom is 0.319 e. The lowest BCUT2D eigenvalue weighted by molar-refractivity contribution is 0.248. The van der Waals surface area contributed by atoms with Gasteiger partial charge in [-0.2, -0.15) is 0 Å². The van der Waals surface area contributed by atoms with Gasteiger partial charge in [0.1, 0.15) is 0 Å². The van der Waals surface area contributed by atoms with Crippen LogP contribution in [0, 0.1) is 0 Å². The average molecular weight is 273 g/mol. The van der Waals surface area contributed by atoms with E-state index in [0.717, 1.165) is 12.8 Å². The molecule has 5 heteroatoms. The highest BCUT2D eigenvalue weighted by Gasteiger charge is 2.18. The molecule has 0 heterocycles. The molecular formula is C12H14Cl2N2O. The Labute approximate surface area is 110 Å². The van der Waals surface area contributed by atoms with Crippen molar-refractivity contribution in [2.24, 2.45) is 0 Å². The Hall–Kier alpha value is -0.930. The van der Waals surface area contributed by atoms with E-state index in [1.54, 1.807) is 18.2 Å². The van der Waals surface area contributed by atoms with Crippen LogP contribution < -0.4 is 10.6 Å². The Morgan fingerprint density at radius 2 is 1.76 bits per heavy atom. The standard InChI is InChI=1S/C12H14Cl2N2O/c13-9-6-3-7-10(14)11(9)16-12(17)15-8-4-1-2-5-8/h3,6-8H,1-2,4-5H2,(H2,15,16,17). The highest BCUT2D eigenvalue weighted by Crippen LogP contribution is 2.29. The largest absolute Gasteiger partial charge is 0.335 e. The van der Waals surface area contributed by atoms with E-state index < -0.39 is 0 Å². The Kier molecular flexibility index (Phi) is 4.13. The molecule has 0 radical (unpaired) electrons. The number of anilines is 1. The van der Waals surface area contributed by atoms with Crippen LogP contribution in [0.2, 0.25) is 10.0 Å². The number of carbonyl (C=O) groups excluding carboxylic acids is 1. The number of rotatable bonds is 2. The lowest BCUT2D eigenvalue weighted by atomic mass is 10.2. The van der Waals surface area contributed by atoms with E-state index in [9.17, 15) is 4.79 Å². The summed E-state index contributed by atoms with van der Waals surface area (Å²) in [6.07, 6.45) is 4.45. The van der Waals surface area contributed by atoms with Gasteiger partial charge in [0.25, 0.3) is 0 Å². The van der Waals surface area contributed by atoms with Crippen LogP contribution in [0.15, 0.2) is 18.2 Å². The number of benzene rings is 1. The van der Waals surface area contributed by atoms with Crippen molar-refractivity contribution in [3.63, 3.8) is 0 Å². The molecule has 2 amide bonds. The second-order valence-corrected chi connectivity index (χ2v) is 4.99. The summed E-state index contributed by atoms with van der Waals surface area (Å²) in [6.45, 7) is 0. The first kappa shape index (κ1) is 12.5. The van der Waals surface area contributed by atoms with E-state index in [4.69, 9.17) is 23.2 Å². The third-order valence-corrected chi connectivity index (χ3v) is 3.52. The molecule has 1 fully saturated rings. The van der Waals surface area contributed by atoms with Crippen LogP contribution in [-0.2, 0) is 0 Å². The molecule has 2 N–H and O–H groups in total. The molecule has 2 rings (SSSR count). The van der Waals surface area contributed by atoms with Gasteiger partial charge in [-0.15, -0.1) is 0 Å². The molecule has 17 heavy (non-hydrogen) atoms. The van der Waals surface area contributed by atoms with Gasteiger partial charge in [0, 0.05) is 6.04 Å². The van der Waals surface area contributed by atoms with Gasteiger partial charge < -0.3 is 10.6 Å². The number of hydrogen-bond acceptors (Lipinski definition) is 1. The van der Waals surface area contributed by atoms with Gasteiger partial charge >= 0.3 is 6.03 Å². The van der Waals surface area contributed by atoms with Crippen molar-refractivity contribution in [2.75, 3.05) is 5.32 Å². The van der Waals surface area contributed by atoms with Crippen molar-refractivity contribution in [1.82, 2.24) is 5.32 Å². The molecule has 1 aromatic rings. The lowest BCUT2D eigenvalue weighted by Gasteiger charge is -2.14. The fourth-order valence-corrected chi connectivity index (χ4v) is 2.51. The van der Waals surface area contributed by atoms with Crippen molar-refractivity contribution in [3.8, 4) is 0 Å². The van der Waals surface area contributed by atoms with Gasteiger partial charge in [-0.05, 0) is 25.0 Å². The zero-order valence-electron chi connectivity index (χ0n) is 9.30. The van der Waals surface area contributed by atoms with Gasteiger partial charge in [0.15, 0.2) is 0 Å². The molecule has 92 valence electrons. The zero-order chi connectivity index (χ0) is 12.3. The van der Waals surface area contributed by atoms with Crippen molar-refractivity contribution in [2.45, 2.75) is 31.7 Å². The highest BCUT2D eigenvalue weighted by atomic mass is 35.5. The monoisotopic (exact) mass is 272 g/mol. The quantitative estimate of drug-likeness (QED) is 0.838. The Morgan fingerprint density at radius 1 is 1.18 bits per heavy atom. The van der Waals surface area contributed by atoms with E-state index in [-0.39, 0.29) is 12.1 Å². The van der Waals surface area contributed by atoms with Gasteiger partial charge in [-0.3, -0.25) is 0 Å². The van der Waals surface area contributed by atoms with Crippen LogP contribution >= 0.6 is 23.2 Å². The van der Waals surface area contributed by atoms with Crippen molar-refractivity contribution in [3.05, 3.63) is 28.2 Å². The number of carbonyl (C=O) groups is 1. The summed E-state index contributed by atoms with van der Waals surface area (Å²) < 4.78 is 0. The molecule has 0 aliphatic heterocycles. The summed E-state index contributed by atoms with van der Waals surface area (Å²) >= 11 is 11.9. The molecule has 1 aromatic carbocycles. The van der Waals surface area contributed by atoms with Gasteiger partial charge in [-0.1, -0.05) is 42.1 Å². The Bertz CT molecular complexity index is 397. The fourth-order valence-electron chi connectivity index (χ4n) is 2.02. The predicted octanol–water partition coefficient (Wildman–Crippen LogP) is 4.06. The van der Waals surface area contributed by atoms with E-state index in [2.05, 4.69) is 10.6 Å². The maximum atomic E-state index is 11.7. The first-order chi connectivity index (χ1) is 8.16. The molecular weight excluding hydrogens is 259 g/mol. The molecule has 1 aliphatic rings. The van der Waals surface area contributed by atoms with Crippen LogP contribution in [0.1, 0.15) is 25.7 Å². The minimum atomic E-state index is -0.244. The van der Waals surface area contributed by atoms with Crippen molar-refractivity contribution in [1.29, 1.82) is 0 Å². The lowest BCUT2D eigenvalue weighted by Crippen LogP contribution is -2.36. The predicted molar refractivity (Wildman–Crippen MR) is 70.9 cm³/mol. The zero-order valence-corrected chi connectivity index (χ0v) is 10.8. The number of amides is 2. The number of urea groups is 1. The fraction of sp³-hybridized carbons (Fsp3) is 0.417. The number of halogens is 2. The van der Waals surface area contributed by atoms with Gasteiger partial charge in [0.2, 0.25) is 0 Å². The second kappa shape index (κ2) is 5.61. The highest BCUT2D eigenvalue weighted by molar-refractivity contribution is 6.39. The summed E-state index contributed by atoms with van der Waals surface area (Å²) in [7, 11) is 0. The summed E-state index contributed by atoms with van der Waals surface area (Å²) in [5.74, 6) is 0. The summed E-state index contributed by atoms with van der Waals surface area (Å²) in [4.78, 5) is 11.7. The smallest absolute Gasteiger partial charge is 0.319 e. The van der Waals surface area contributed by atoms with Crippen LogP contribution in [0.25, 0.3) is 0 Å².